The van der Waals surface area contributed by atoms with E-state index in [9.17, 15) is 0 Å². The summed E-state index contributed by atoms with van der Waals surface area (Å²) in [7, 11) is 0. The van der Waals surface area contributed by atoms with E-state index in [1.165, 1.54) is 19.3 Å². The zero-order valence-electron chi connectivity index (χ0n) is 9.12. The molecule has 0 radical (unpaired) electrons. The van der Waals surface area contributed by atoms with Crippen LogP contribution in [-0.4, -0.2) is 17.6 Å². The summed E-state index contributed by atoms with van der Waals surface area (Å²) >= 11 is 5.74. The lowest BCUT2D eigenvalue weighted by molar-refractivity contribution is 0.640. The summed E-state index contributed by atoms with van der Waals surface area (Å²) < 4.78 is 0. The molecule has 1 aromatic heterocycles. The Bertz CT molecular complexity index is 310. The number of nitrogens with zero attached hydrogens (tertiary/aromatic N) is 2. The van der Waals surface area contributed by atoms with Gasteiger partial charge in [0.25, 0.3) is 0 Å². The lowest BCUT2D eigenvalue weighted by Gasteiger charge is -2.24. The maximum atomic E-state index is 5.74. The maximum absolute atomic E-state index is 5.74. The molecule has 0 saturated carbocycles. The Balaban J connectivity index is 2.14. The third kappa shape index (κ3) is 2.25. The summed E-state index contributed by atoms with van der Waals surface area (Å²) in [6, 6.07) is 4.84. The molecule has 2 heterocycles. The van der Waals surface area contributed by atoms with Gasteiger partial charge in [0.1, 0.15) is 5.82 Å². The van der Waals surface area contributed by atoms with Crippen molar-refractivity contribution in [2.24, 2.45) is 0 Å². The van der Waals surface area contributed by atoms with Crippen LogP contribution in [0.4, 0.5) is 5.82 Å². The van der Waals surface area contributed by atoms with E-state index < -0.39 is 0 Å². The molecule has 0 bridgehead atoms. The molecule has 1 atom stereocenters. The van der Waals surface area contributed by atoms with Gasteiger partial charge in [-0.15, -0.1) is 11.6 Å². The Morgan fingerprint density at radius 2 is 2.40 bits per heavy atom. The zero-order valence-corrected chi connectivity index (χ0v) is 9.87. The van der Waals surface area contributed by atoms with Crippen LogP contribution in [0.3, 0.4) is 0 Å². The van der Waals surface area contributed by atoms with Crippen LogP contribution in [0.2, 0.25) is 0 Å². The summed E-state index contributed by atoms with van der Waals surface area (Å²) in [5.74, 6) is 1.65. The highest BCUT2D eigenvalue weighted by Crippen LogP contribution is 2.25. The number of hydrogen-bond donors (Lipinski definition) is 0. The highest BCUT2D eigenvalue weighted by molar-refractivity contribution is 6.17. The summed E-state index contributed by atoms with van der Waals surface area (Å²) in [5.41, 5.74) is 1.09. The van der Waals surface area contributed by atoms with Crippen molar-refractivity contribution in [2.45, 2.75) is 38.1 Å². The maximum Gasteiger partial charge on any atom is 0.128 e. The van der Waals surface area contributed by atoms with Crippen LogP contribution in [0.25, 0.3) is 0 Å². The van der Waals surface area contributed by atoms with Crippen LogP contribution in [0.15, 0.2) is 18.3 Å². The average molecular weight is 225 g/mol. The van der Waals surface area contributed by atoms with E-state index in [0.29, 0.717) is 11.9 Å². The molecule has 2 nitrogen and oxygen atoms in total. The van der Waals surface area contributed by atoms with Gasteiger partial charge in [0.2, 0.25) is 0 Å². The molecule has 1 unspecified atom stereocenters. The van der Waals surface area contributed by atoms with Gasteiger partial charge in [-0.25, -0.2) is 4.98 Å². The molecule has 1 aliphatic heterocycles. The van der Waals surface area contributed by atoms with E-state index in [4.69, 9.17) is 11.6 Å². The minimum absolute atomic E-state index is 0.546. The van der Waals surface area contributed by atoms with E-state index in [0.717, 1.165) is 17.9 Å². The number of rotatable bonds is 3. The molecule has 1 saturated heterocycles. The van der Waals surface area contributed by atoms with E-state index in [-0.39, 0.29) is 0 Å². The molecule has 0 aliphatic carbocycles. The fraction of sp³-hybridized carbons (Fsp3) is 0.583. The number of halogens is 1. The third-order valence-electron chi connectivity index (χ3n) is 3.11. The van der Waals surface area contributed by atoms with Gasteiger partial charge in [-0.3, -0.25) is 0 Å². The van der Waals surface area contributed by atoms with Crippen LogP contribution in [0, 0.1) is 0 Å². The van der Waals surface area contributed by atoms with Gasteiger partial charge in [0, 0.05) is 24.7 Å². The molecule has 0 N–H and O–H groups in total. The van der Waals surface area contributed by atoms with E-state index in [1.54, 1.807) is 0 Å². The molecule has 1 aromatic rings. The van der Waals surface area contributed by atoms with Crippen molar-refractivity contribution in [1.29, 1.82) is 0 Å². The third-order valence-corrected chi connectivity index (χ3v) is 3.41. The van der Waals surface area contributed by atoms with Crippen LogP contribution in [0.5, 0.6) is 0 Å². The van der Waals surface area contributed by atoms with Crippen molar-refractivity contribution < 1.29 is 0 Å². The minimum atomic E-state index is 0.546. The molecule has 82 valence electrons. The second kappa shape index (κ2) is 4.84. The molecule has 15 heavy (non-hydrogen) atoms. The summed E-state index contributed by atoms with van der Waals surface area (Å²) in [6.45, 7) is 3.39. The zero-order chi connectivity index (χ0) is 10.7. The van der Waals surface area contributed by atoms with Gasteiger partial charge in [-0.2, -0.15) is 0 Å². The molecule has 2 rings (SSSR count). The van der Waals surface area contributed by atoms with E-state index >= 15 is 0 Å². The Morgan fingerprint density at radius 3 is 3.00 bits per heavy atom. The van der Waals surface area contributed by atoms with Crippen LogP contribution in [0.1, 0.15) is 31.7 Å². The number of pyridine rings is 1. The van der Waals surface area contributed by atoms with Gasteiger partial charge < -0.3 is 4.90 Å². The first-order valence-electron chi connectivity index (χ1n) is 5.62. The van der Waals surface area contributed by atoms with Gasteiger partial charge in [0.15, 0.2) is 0 Å². The van der Waals surface area contributed by atoms with Crippen molar-refractivity contribution in [3.05, 3.63) is 23.9 Å². The predicted octanol–water partition coefficient (Wildman–Crippen LogP) is 3.20. The monoisotopic (exact) mass is 224 g/mol. The molecule has 1 fully saturated rings. The van der Waals surface area contributed by atoms with Gasteiger partial charge in [-0.05, 0) is 30.9 Å². The van der Waals surface area contributed by atoms with Crippen LogP contribution < -0.4 is 4.90 Å². The molecule has 1 aliphatic rings. The standard InChI is InChI=1S/C12H17ClN2/c1-2-11-4-3-7-15(11)12-6-5-10(8-13)9-14-12/h5-6,9,11H,2-4,7-8H2,1H3. The Kier molecular flexibility index (Phi) is 3.47. The van der Waals surface area contributed by atoms with Gasteiger partial charge in [0.05, 0.1) is 0 Å². The minimum Gasteiger partial charge on any atom is -0.354 e. The number of anilines is 1. The van der Waals surface area contributed by atoms with Crippen molar-refractivity contribution in [2.75, 3.05) is 11.4 Å². The van der Waals surface area contributed by atoms with Crippen molar-refractivity contribution >= 4 is 17.4 Å². The first kappa shape index (κ1) is 10.7. The smallest absolute Gasteiger partial charge is 0.128 e. The quantitative estimate of drug-likeness (QED) is 0.733. The normalized spacial score (nSPS) is 20.9. The predicted molar refractivity (Wildman–Crippen MR) is 64.5 cm³/mol. The highest BCUT2D eigenvalue weighted by Gasteiger charge is 2.23. The molecule has 3 heteroatoms. The van der Waals surface area contributed by atoms with Gasteiger partial charge >= 0.3 is 0 Å². The molecule has 0 spiro atoms. The molecule has 0 aromatic carbocycles. The first-order valence-corrected chi connectivity index (χ1v) is 6.16. The SMILES string of the molecule is CCC1CCCN1c1ccc(CCl)cn1. The molecular weight excluding hydrogens is 208 g/mol. The average Bonchev–Trinajstić information content (AvgIpc) is 2.77. The number of alkyl halides is 1. The summed E-state index contributed by atoms with van der Waals surface area (Å²) in [6.07, 6.45) is 5.68. The summed E-state index contributed by atoms with van der Waals surface area (Å²) in [5, 5.41) is 0. The summed E-state index contributed by atoms with van der Waals surface area (Å²) in [4.78, 5) is 6.89. The topological polar surface area (TPSA) is 16.1 Å². The van der Waals surface area contributed by atoms with Crippen molar-refractivity contribution in [3.8, 4) is 0 Å². The fourth-order valence-corrected chi connectivity index (χ4v) is 2.39. The highest BCUT2D eigenvalue weighted by atomic mass is 35.5. The lowest BCUT2D eigenvalue weighted by atomic mass is 10.2. The first-order chi connectivity index (χ1) is 7.35. The van der Waals surface area contributed by atoms with Gasteiger partial charge in [-0.1, -0.05) is 13.0 Å². The van der Waals surface area contributed by atoms with Crippen molar-refractivity contribution in [3.63, 3.8) is 0 Å². The van der Waals surface area contributed by atoms with E-state index in [2.05, 4.69) is 28.9 Å². The number of aromatic nitrogens is 1. The molecule has 0 amide bonds. The number of hydrogen-bond acceptors (Lipinski definition) is 2. The lowest BCUT2D eigenvalue weighted by Crippen LogP contribution is -2.29. The second-order valence-corrected chi connectivity index (χ2v) is 4.32. The van der Waals surface area contributed by atoms with Crippen LogP contribution in [-0.2, 0) is 5.88 Å². The fourth-order valence-electron chi connectivity index (χ4n) is 2.23. The Labute approximate surface area is 96.3 Å². The van der Waals surface area contributed by atoms with E-state index in [1.807, 2.05) is 6.20 Å². The largest absolute Gasteiger partial charge is 0.354 e. The van der Waals surface area contributed by atoms with Crippen molar-refractivity contribution in [1.82, 2.24) is 4.98 Å². The molecular formula is C12H17ClN2. The Morgan fingerprint density at radius 1 is 1.53 bits per heavy atom. The Hall–Kier alpha value is -0.760. The second-order valence-electron chi connectivity index (χ2n) is 4.06. The van der Waals surface area contributed by atoms with Crippen LogP contribution >= 0.6 is 11.6 Å².